The van der Waals surface area contributed by atoms with Crippen molar-refractivity contribution in [3.05, 3.63) is 12.5 Å². The molecule has 1 rings (SSSR count). The van der Waals surface area contributed by atoms with Gasteiger partial charge in [0, 0.05) is 25.7 Å². The summed E-state index contributed by atoms with van der Waals surface area (Å²) in [5.74, 6) is -0.828. The van der Waals surface area contributed by atoms with Gasteiger partial charge in [-0.3, -0.25) is 4.79 Å². The van der Waals surface area contributed by atoms with Gasteiger partial charge in [-0.2, -0.15) is 0 Å². The highest BCUT2D eigenvalue weighted by atomic mass is 32.2. The van der Waals surface area contributed by atoms with Gasteiger partial charge < -0.3 is 9.67 Å². The van der Waals surface area contributed by atoms with Crippen LogP contribution in [0.1, 0.15) is 32.6 Å². The Bertz CT molecular complexity index is 510. The van der Waals surface area contributed by atoms with Crippen molar-refractivity contribution in [3.63, 3.8) is 0 Å². The van der Waals surface area contributed by atoms with Crippen LogP contribution in [0.4, 0.5) is 0 Å². The van der Waals surface area contributed by atoms with Gasteiger partial charge in [0.25, 0.3) is 10.0 Å². The molecule has 1 aromatic heterocycles. The lowest BCUT2D eigenvalue weighted by atomic mass is 10.2. The number of hydrogen-bond donors (Lipinski definition) is 2. The normalized spacial score (nSPS) is 11.6. The van der Waals surface area contributed by atoms with E-state index in [9.17, 15) is 13.2 Å². The molecule has 0 atom stereocenters. The Balaban J connectivity index is 2.33. The minimum Gasteiger partial charge on any atom is -0.481 e. The highest BCUT2D eigenvalue weighted by Crippen LogP contribution is 2.05. The van der Waals surface area contributed by atoms with E-state index in [0.717, 1.165) is 0 Å². The van der Waals surface area contributed by atoms with Crippen molar-refractivity contribution in [3.8, 4) is 0 Å². The third-order valence-corrected chi connectivity index (χ3v) is 3.96. The molecule has 8 heteroatoms. The number of rotatable bonds is 9. The van der Waals surface area contributed by atoms with E-state index >= 15 is 0 Å². The van der Waals surface area contributed by atoms with Crippen LogP contribution in [0.15, 0.2) is 17.6 Å². The lowest BCUT2D eigenvalue weighted by Crippen LogP contribution is -2.25. The summed E-state index contributed by atoms with van der Waals surface area (Å²) >= 11 is 0. The van der Waals surface area contributed by atoms with E-state index < -0.39 is 16.0 Å². The smallest absolute Gasteiger partial charge is 0.303 e. The number of hydrogen-bond acceptors (Lipinski definition) is 4. The molecule has 0 aliphatic carbocycles. The zero-order chi connectivity index (χ0) is 14.3. The van der Waals surface area contributed by atoms with Crippen molar-refractivity contribution in [2.45, 2.75) is 44.2 Å². The van der Waals surface area contributed by atoms with Crippen LogP contribution < -0.4 is 4.72 Å². The maximum absolute atomic E-state index is 11.8. The molecule has 0 aliphatic rings. The minimum absolute atomic E-state index is 0.0138. The number of unbranched alkanes of at least 4 members (excludes halogenated alkanes) is 2. The molecule has 1 heterocycles. The fraction of sp³-hybridized carbons (Fsp3) is 0.636. The fourth-order valence-electron chi connectivity index (χ4n) is 1.51. The van der Waals surface area contributed by atoms with Gasteiger partial charge in [-0.25, -0.2) is 18.1 Å². The molecule has 0 spiro atoms. The number of imidazole rings is 1. The zero-order valence-electron chi connectivity index (χ0n) is 10.9. The first kappa shape index (κ1) is 15.6. The van der Waals surface area contributed by atoms with Gasteiger partial charge in [0.1, 0.15) is 0 Å². The summed E-state index contributed by atoms with van der Waals surface area (Å²) in [6, 6.07) is 0. The summed E-state index contributed by atoms with van der Waals surface area (Å²) in [5.41, 5.74) is 0. The summed E-state index contributed by atoms with van der Waals surface area (Å²) < 4.78 is 27.8. The number of nitrogens with zero attached hydrogens (tertiary/aromatic N) is 2. The molecule has 0 aliphatic heterocycles. The van der Waals surface area contributed by atoms with E-state index in [1.54, 1.807) is 4.57 Å². The van der Waals surface area contributed by atoms with Crippen LogP contribution in [-0.4, -0.2) is 35.6 Å². The molecule has 0 saturated heterocycles. The number of aryl methyl sites for hydroxylation is 1. The molecule has 7 nitrogen and oxygen atoms in total. The predicted molar refractivity (Wildman–Crippen MR) is 69.2 cm³/mol. The largest absolute Gasteiger partial charge is 0.481 e. The molecular weight excluding hydrogens is 270 g/mol. The predicted octanol–water partition coefficient (Wildman–Crippen LogP) is 0.826. The van der Waals surface area contributed by atoms with Crippen molar-refractivity contribution in [1.29, 1.82) is 0 Å². The number of sulfonamides is 1. The second-order valence-corrected chi connectivity index (χ2v) is 5.86. The maximum Gasteiger partial charge on any atom is 0.303 e. The molecule has 0 radical (unpaired) electrons. The van der Waals surface area contributed by atoms with Crippen LogP contribution in [0.25, 0.3) is 0 Å². The number of carbonyl (C=O) groups is 1. The first-order chi connectivity index (χ1) is 8.95. The zero-order valence-corrected chi connectivity index (χ0v) is 11.7. The van der Waals surface area contributed by atoms with E-state index in [2.05, 4.69) is 9.71 Å². The van der Waals surface area contributed by atoms with E-state index in [-0.39, 0.29) is 11.4 Å². The van der Waals surface area contributed by atoms with Crippen molar-refractivity contribution in [1.82, 2.24) is 14.3 Å². The Hall–Kier alpha value is -1.41. The Kier molecular flexibility index (Phi) is 5.97. The molecule has 19 heavy (non-hydrogen) atoms. The topological polar surface area (TPSA) is 101 Å². The van der Waals surface area contributed by atoms with Crippen LogP contribution in [-0.2, 0) is 21.4 Å². The van der Waals surface area contributed by atoms with Crippen LogP contribution in [0.3, 0.4) is 0 Å². The monoisotopic (exact) mass is 289 g/mol. The Morgan fingerprint density at radius 1 is 1.42 bits per heavy atom. The highest BCUT2D eigenvalue weighted by Gasteiger charge is 2.16. The average Bonchev–Trinajstić information content (AvgIpc) is 2.82. The molecule has 0 unspecified atom stereocenters. The number of carboxylic acid groups (broad SMARTS) is 1. The lowest BCUT2D eigenvalue weighted by Gasteiger charge is -2.03. The van der Waals surface area contributed by atoms with Gasteiger partial charge in [-0.15, -0.1) is 0 Å². The average molecular weight is 289 g/mol. The summed E-state index contributed by atoms with van der Waals surface area (Å²) in [7, 11) is -3.55. The van der Waals surface area contributed by atoms with Gasteiger partial charge >= 0.3 is 5.97 Å². The second-order valence-electron chi connectivity index (χ2n) is 4.14. The molecule has 0 fully saturated rings. The Morgan fingerprint density at radius 3 is 2.74 bits per heavy atom. The lowest BCUT2D eigenvalue weighted by molar-refractivity contribution is -0.137. The van der Waals surface area contributed by atoms with Crippen LogP contribution in [0.2, 0.25) is 0 Å². The number of carboxylic acids is 1. The summed E-state index contributed by atoms with van der Waals surface area (Å²) in [6.07, 6.45) is 4.92. The maximum atomic E-state index is 11.8. The van der Waals surface area contributed by atoms with Crippen molar-refractivity contribution in [2.75, 3.05) is 6.54 Å². The number of aromatic nitrogens is 2. The van der Waals surface area contributed by atoms with Crippen molar-refractivity contribution < 1.29 is 18.3 Å². The van der Waals surface area contributed by atoms with Crippen molar-refractivity contribution in [2.24, 2.45) is 0 Å². The number of aliphatic carboxylic acids is 1. The van der Waals surface area contributed by atoms with Gasteiger partial charge in [-0.1, -0.05) is 6.42 Å². The van der Waals surface area contributed by atoms with E-state index in [4.69, 9.17) is 5.11 Å². The summed E-state index contributed by atoms with van der Waals surface area (Å²) in [6.45, 7) is 2.85. The quantitative estimate of drug-likeness (QED) is 0.656. The molecule has 1 aromatic rings. The first-order valence-corrected chi connectivity index (χ1v) is 7.67. The molecule has 0 amide bonds. The van der Waals surface area contributed by atoms with Gasteiger partial charge in [-0.05, 0) is 19.8 Å². The molecule has 2 N–H and O–H groups in total. The minimum atomic E-state index is -3.55. The first-order valence-electron chi connectivity index (χ1n) is 6.19. The van der Waals surface area contributed by atoms with Gasteiger partial charge in [0.2, 0.25) is 0 Å². The van der Waals surface area contributed by atoms with Crippen LogP contribution >= 0.6 is 0 Å². The summed E-state index contributed by atoms with van der Waals surface area (Å²) in [4.78, 5) is 14.1. The highest BCUT2D eigenvalue weighted by molar-refractivity contribution is 7.89. The third kappa shape index (κ3) is 5.39. The fourth-order valence-corrected chi connectivity index (χ4v) is 2.53. The van der Waals surface area contributed by atoms with E-state index in [1.807, 2.05) is 6.92 Å². The van der Waals surface area contributed by atoms with Gasteiger partial charge in [0.15, 0.2) is 5.03 Å². The number of nitrogens with one attached hydrogen (secondary N) is 1. The van der Waals surface area contributed by atoms with Crippen LogP contribution in [0, 0.1) is 0 Å². The standard InChI is InChI=1S/C11H19N3O4S/c1-2-14-8-10(12-9-14)19(17,18)13-7-5-3-4-6-11(15)16/h8-9,13H,2-7H2,1H3,(H,15,16). The summed E-state index contributed by atoms with van der Waals surface area (Å²) in [5, 5.41) is 8.47. The molecule has 0 saturated carbocycles. The molecule has 0 bridgehead atoms. The van der Waals surface area contributed by atoms with Crippen molar-refractivity contribution >= 4 is 16.0 Å². The third-order valence-electron chi connectivity index (χ3n) is 2.61. The van der Waals surface area contributed by atoms with E-state index in [1.165, 1.54) is 12.5 Å². The van der Waals surface area contributed by atoms with E-state index in [0.29, 0.717) is 32.4 Å². The van der Waals surface area contributed by atoms with Crippen LogP contribution in [0.5, 0.6) is 0 Å². The van der Waals surface area contributed by atoms with Gasteiger partial charge in [0.05, 0.1) is 6.33 Å². The molecule has 0 aromatic carbocycles. The Morgan fingerprint density at radius 2 is 2.16 bits per heavy atom. The Labute approximate surface area is 112 Å². The molecular formula is C11H19N3O4S. The molecule has 108 valence electrons. The SMILES string of the molecule is CCn1cnc(S(=O)(=O)NCCCCCC(=O)O)c1. The second kappa shape index (κ2) is 7.25.